The fraction of sp³-hybridized carbons (Fsp3) is 1.00. The number of ether oxygens (including phenoxy) is 1. The Bertz CT molecular complexity index is 147. The normalized spacial score (nSPS) is 30.2. The SMILES string of the molecule is COCC(O)CNC1CCC(N)CC1. The van der Waals surface area contributed by atoms with Crippen LogP contribution < -0.4 is 11.1 Å². The van der Waals surface area contributed by atoms with Crippen LogP contribution in [0.1, 0.15) is 25.7 Å². The first-order chi connectivity index (χ1) is 6.72. The van der Waals surface area contributed by atoms with E-state index in [2.05, 4.69) is 5.32 Å². The number of hydrogen-bond donors (Lipinski definition) is 3. The highest BCUT2D eigenvalue weighted by atomic mass is 16.5. The van der Waals surface area contributed by atoms with Gasteiger partial charge in [0.05, 0.1) is 12.7 Å². The Balaban J connectivity index is 2.06. The van der Waals surface area contributed by atoms with Gasteiger partial charge in [0.1, 0.15) is 0 Å². The zero-order valence-corrected chi connectivity index (χ0v) is 8.91. The van der Waals surface area contributed by atoms with Gasteiger partial charge in [0.2, 0.25) is 0 Å². The van der Waals surface area contributed by atoms with Crippen LogP contribution in [0.2, 0.25) is 0 Å². The maximum absolute atomic E-state index is 9.42. The van der Waals surface area contributed by atoms with E-state index in [1.165, 1.54) is 0 Å². The Morgan fingerprint density at radius 2 is 2.07 bits per heavy atom. The average Bonchev–Trinajstić information content (AvgIpc) is 2.17. The molecule has 14 heavy (non-hydrogen) atoms. The highest BCUT2D eigenvalue weighted by Gasteiger charge is 2.18. The lowest BCUT2D eigenvalue weighted by molar-refractivity contribution is 0.0616. The van der Waals surface area contributed by atoms with Crippen molar-refractivity contribution >= 4 is 0 Å². The minimum absolute atomic E-state index is 0.386. The van der Waals surface area contributed by atoms with Crippen molar-refractivity contribution in [2.45, 2.75) is 43.9 Å². The molecule has 0 bridgehead atoms. The van der Waals surface area contributed by atoms with Gasteiger partial charge in [-0.2, -0.15) is 0 Å². The van der Waals surface area contributed by atoms with E-state index in [1.54, 1.807) is 7.11 Å². The van der Waals surface area contributed by atoms with E-state index in [4.69, 9.17) is 10.5 Å². The second-order valence-electron chi connectivity index (χ2n) is 4.13. The van der Waals surface area contributed by atoms with Gasteiger partial charge < -0.3 is 20.9 Å². The van der Waals surface area contributed by atoms with Gasteiger partial charge in [0, 0.05) is 25.7 Å². The zero-order valence-electron chi connectivity index (χ0n) is 8.91. The van der Waals surface area contributed by atoms with Crippen molar-refractivity contribution in [2.75, 3.05) is 20.3 Å². The number of nitrogens with two attached hydrogens (primary N) is 1. The van der Waals surface area contributed by atoms with Gasteiger partial charge in [0.15, 0.2) is 0 Å². The molecule has 0 aromatic carbocycles. The van der Waals surface area contributed by atoms with Crippen LogP contribution in [-0.4, -0.2) is 43.6 Å². The minimum Gasteiger partial charge on any atom is -0.389 e. The molecule has 4 nitrogen and oxygen atoms in total. The van der Waals surface area contributed by atoms with E-state index in [1.807, 2.05) is 0 Å². The molecule has 1 fully saturated rings. The molecule has 1 atom stereocenters. The summed E-state index contributed by atoms with van der Waals surface area (Å²) in [5.74, 6) is 0. The van der Waals surface area contributed by atoms with Crippen molar-refractivity contribution in [1.82, 2.24) is 5.32 Å². The summed E-state index contributed by atoms with van der Waals surface area (Å²) in [6.45, 7) is 1.02. The number of rotatable bonds is 5. The van der Waals surface area contributed by atoms with Gasteiger partial charge in [-0.3, -0.25) is 0 Å². The maximum Gasteiger partial charge on any atom is 0.0897 e. The first kappa shape index (κ1) is 11.9. The first-order valence-electron chi connectivity index (χ1n) is 5.38. The van der Waals surface area contributed by atoms with E-state index in [0.29, 0.717) is 25.2 Å². The molecule has 4 N–H and O–H groups in total. The van der Waals surface area contributed by atoms with Gasteiger partial charge >= 0.3 is 0 Å². The topological polar surface area (TPSA) is 67.5 Å². The van der Waals surface area contributed by atoms with Crippen molar-refractivity contribution < 1.29 is 9.84 Å². The fourth-order valence-corrected chi connectivity index (χ4v) is 1.88. The predicted octanol–water partition coefficient (Wildman–Crippen LogP) is -0.147. The summed E-state index contributed by atoms with van der Waals surface area (Å²) in [4.78, 5) is 0. The van der Waals surface area contributed by atoms with Gasteiger partial charge in [-0.25, -0.2) is 0 Å². The van der Waals surface area contributed by atoms with Crippen LogP contribution in [0.4, 0.5) is 0 Å². The molecule has 1 unspecified atom stereocenters. The summed E-state index contributed by atoms with van der Waals surface area (Å²) < 4.78 is 4.85. The lowest BCUT2D eigenvalue weighted by Crippen LogP contribution is -2.41. The molecule has 1 aliphatic carbocycles. The molecule has 0 spiro atoms. The molecular formula is C10H22N2O2. The van der Waals surface area contributed by atoms with Crippen LogP contribution in [0.25, 0.3) is 0 Å². The molecule has 0 aliphatic heterocycles. The summed E-state index contributed by atoms with van der Waals surface area (Å²) in [6.07, 6.45) is 4.05. The van der Waals surface area contributed by atoms with Gasteiger partial charge in [-0.05, 0) is 25.7 Å². The number of hydrogen-bond acceptors (Lipinski definition) is 4. The molecule has 0 aromatic rings. The monoisotopic (exact) mass is 202 g/mol. The van der Waals surface area contributed by atoms with Crippen LogP contribution in [0.3, 0.4) is 0 Å². The predicted molar refractivity (Wildman–Crippen MR) is 56.1 cm³/mol. The van der Waals surface area contributed by atoms with Crippen molar-refractivity contribution in [2.24, 2.45) is 5.73 Å². The van der Waals surface area contributed by atoms with E-state index >= 15 is 0 Å². The Labute approximate surface area is 85.8 Å². The second-order valence-corrected chi connectivity index (χ2v) is 4.13. The lowest BCUT2D eigenvalue weighted by Gasteiger charge is -2.27. The zero-order chi connectivity index (χ0) is 10.4. The molecule has 0 aromatic heterocycles. The minimum atomic E-state index is -0.393. The summed E-state index contributed by atoms with van der Waals surface area (Å²) in [7, 11) is 1.60. The standard InChI is InChI=1S/C10H22N2O2/c1-14-7-10(13)6-12-9-4-2-8(11)3-5-9/h8-10,12-13H,2-7,11H2,1H3. The Morgan fingerprint density at radius 3 is 2.64 bits per heavy atom. The molecular weight excluding hydrogens is 180 g/mol. The number of aliphatic hydroxyl groups excluding tert-OH is 1. The molecule has 1 aliphatic rings. The molecule has 0 amide bonds. The second kappa shape index (κ2) is 6.35. The highest BCUT2D eigenvalue weighted by Crippen LogP contribution is 2.16. The maximum atomic E-state index is 9.42. The average molecular weight is 202 g/mol. The smallest absolute Gasteiger partial charge is 0.0897 e. The van der Waals surface area contributed by atoms with Crippen molar-refractivity contribution in [1.29, 1.82) is 0 Å². The Hall–Kier alpha value is -0.160. The lowest BCUT2D eigenvalue weighted by atomic mass is 9.92. The van der Waals surface area contributed by atoms with E-state index in [0.717, 1.165) is 25.7 Å². The van der Waals surface area contributed by atoms with Crippen LogP contribution >= 0.6 is 0 Å². The molecule has 84 valence electrons. The first-order valence-corrected chi connectivity index (χ1v) is 5.38. The molecule has 4 heteroatoms. The summed E-state index contributed by atoms with van der Waals surface area (Å²) in [6, 6.07) is 0.915. The number of nitrogens with one attached hydrogen (secondary N) is 1. The third-order valence-electron chi connectivity index (χ3n) is 2.77. The van der Waals surface area contributed by atoms with Crippen LogP contribution in [0, 0.1) is 0 Å². The molecule has 0 heterocycles. The third-order valence-corrected chi connectivity index (χ3v) is 2.77. The van der Waals surface area contributed by atoms with Gasteiger partial charge in [0.25, 0.3) is 0 Å². The number of aliphatic hydroxyl groups is 1. The Morgan fingerprint density at radius 1 is 1.43 bits per heavy atom. The summed E-state index contributed by atoms with van der Waals surface area (Å²) >= 11 is 0. The molecule has 0 saturated heterocycles. The van der Waals surface area contributed by atoms with E-state index in [-0.39, 0.29) is 0 Å². The molecule has 1 saturated carbocycles. The fourth-order valence-electron chi connectivity index (χ4n) is 1.88. The van der Waals surface area contributed by atoms with Gasteiger partial charge in [-0.1, -0.05) is 0 Å². The van der Waals surface area contributed by atoms with E-state index in [9.17, 15) is 5.11 Å². The van der Waals surface area contributed by atoms with Crippen molar-refractivity contribution in [3.8, 4) is 0 Å². The van der Waals surface area contributed by atoms with Crippen molar-refractivity contribution in [3.05, 3.63) is 0 Å². The summed E-state index contributed by atoms with van der Waals surface area (Å²) in [5.41, 5.74) is 5.80. The Kier molecular flexibility index (Phi) is 5.40. The van der Waals surface area contributed by atoms with Crippen LogP contribution in [-0.2, 0) is 4.74 Å². The van der Waals surface area contributed by atoms with Crippen LogP contribution in [0.5, 0.6) is 0 Å². The van der Waals surface area contributed by atoms with E-state index < -0.39 is 6.10 Å². The molecule has 1 rings (SSSR count). The van der Waals surface area contributed by atoms with Crippen molar-refractivity contribution in [3.63, 3.8) is 0 Å². The van der Waals surface area contributed by atoms with Crippen LogP contribution in [0.15, 0.2) is 0 Å². The summed E-state index contributed by atoms with van der Waals surface area (Å²) in [5, 5.41) is 12.8. The largest absolute Gasteiger partial charge is 0.389 e. The quantitative estimate of drug-likeness (QED) is 0.580. The third kappa shape index (κ3) is 4.37. The van der Waals surface area contributed by atoms with Gasteiger partial charge in [-0.15, -0.1) is 0 Å². The molecule has 0 radical (unpaired) electrons. The number of methoxy groups -OCH3 is 1. The highest BCUT2D eigenvalue weighted by molar-refractivity contribution is 4.79.